The van der Waals surface area contributed by atoms with Crippen molar-refractivity contribution in [1.29, 1.82) is 0 Å². The van der Waals surface area contributed by atoms with Crippen molar-refractivity contribution in [1.82, 2.24) is 0 Å². The number of ketones is 1. The highest BCUT2D eigenvalue weighted by atomic mass is 19.1. The van der Waals surface area contributed by atoms with Crippen LogP contribution in [0.3, 0.4) is 0 Å². The Morgan fingerprint density at radius 3 is 2.15 bits per heavy atom. The lowest BCUT2D eigenvalue weighted by Gasteiger charge is -2.06. The molecule has 0 saturated heterocycles. The van der Waals surface area contributed by atoms with Crippen molar-refractivity contribution in [3.8, 4) is 0 Å². The van der Waals surface area contributed by atoms with Gasteiger partial charge in [0.1, 0.15) is 11.6 Å². The molecule has 5 heteroatoms. The highest BCUT2D eigenvalue weighted by Crippen LogP contribution is 2.15. The molecule has 0 aliphatic heterocycles. The van der Waals surface area contributed by atoms with E-state index in [-0.39, 0.29) is 17.0 Å². The van der Waals surface area contributed by atoms with Crippen LogP contribution in [0.5, 0.6) is 0 Å². The van der Waals surface area contributed by atoms with E-state index in [4.69, 9.17) is 0 Å². The van der Waals surface area contributed by atoms with Gasteiger partial charge in [-0.25, -0.2) is 8.78 Å². The van der Waals surface area contributed by atoms with Gasteiger partial charge in [0.15, 0.2) is 5.78 Å². The minimum atomic E-state index is -0.780. The number of hydrogen-bond donors (Lipinski definition) is 1. The molecule has 3 nitrogen and oxygen atoms in total. The molecule has 2 aromatic carbocycles. The molecule has 1 amide bonds. The number of carbonyl (C=O) groups is 2. The SMILES string of the molecule is CC(=O)c1cccc(C(=O)Nc2cc(F)cc(F)c2)c1. The van der Waals surface area contributed by atoms with Crippen LogP contribution in [0.1, 0.15) is 27.6 Å². The monoisotopic (exact) mass is 275 g/mol. The Morgan fingerprint density at radius 2 is 1.55 bits per heavy atom. The van der Waals surface area contributed by atoms with E-state index in [1.807, 2.05) is 0 Å². The van der Waals surface area contributed by atoms with Gasteiger partial charge in [-0.2, -0.15) is 0 Å². The van der Waals surface area contributed by atoms with Crippen molar-refractivity contribution in [2.24, 2.45) is 0 Å². The number of benzene rings is 2. The lowest BCUT2D eigenvalue weighted by atomic mass is 10.1. The second kappa shape index (κ2) is 5.61. The van der Waals surface area contributed by atoms with Crippen LogP contribution in [0.4, 0.5) is 14.5 Å². The molecule has 2 aromatic rings. The van der Waals surface area contributed by atoms with Crippen LogP contribution < -0.4 is 5.32 Å². The Labute approximate surface area is 114 Å². The molecule has 0 heterocycles. The largest absolute Gasteiger partial charge is 0.322 e. The lowest BCUT2D eigenvalue weighted by Crippen LogP contribution is -2.13. The van der Waals surface area contributed by atoms with Crippen LogP contribution in [0, 0.1) is 11.6 Å². The van der Waals surface area contributed by atoms with Gasteiger partial charge in [0.05, 0.1) is 0 Å². The zero-order valence-corrected chi connectivity index (χ0v) is 10.6. The third-order valence-electron chi connectivity index (χ3n) is 2.65. The maximum absolute atomic E-state index is 13.0. The lowest BCUT2D eigenvalue weighted by molar-refractivity contribution is 0.101. The molecular weight excluding hydrogens is 264 g/mol. The fraction of sp³-hybridized carbons (Fsp3) is 0.0667. The highest BCUT2D eigenvalue weighted by Gasteiger charge is 2.09. The Kier molecular flexibility index (Phi) is 3.89. The van der Waals surface area contributed by atoms with E-state index in [1.54, 1.807) is 12.1 Å². The zero-order chi connectivity index (χ0) is 14.7. The first-order chi connectivity index (χ1) is 9.45. The van der Waals surface area contributed by atoms with E-state index in [9.17, 15) is 18.4 Å². The summed E-state index contributed by atoms with van der Waals surface area (Å²) >= 11 is 0. The standard InChI is InChI=1S/C15H11F2NO2/c1-9(19)10-3-2-4-11(5-10)15(20)18-14-7-12(16)6-13(17)8-14/h2-8H,1H3,(H,18,20). The summed E-state index contributed by atoms with van der Waals surface area (Å²) in [5.74, 6) is -2.27. The normalized spacial score (nSPS) is 10.2. The van der Waals surface area contributed by atoms with E-state index in [2.05, 4.69) is 5.32 Å². The van der Waals surface area contributed by atoms with Gasteiger partial charge in [0, 0.05) is 22.9 Å². The number of Topliss-reactive ketones (excluding diaryl/α,β-unsaturated/α-hetero) is 1. The molecule has 0 aliphatic rings. The third kappa shape index (κ3) is 3.26. The predicted molar refractivity (Wildman–Crippen MR) is 70.8 cm³/mol. The van der Waals surface area contributed by atoms with Crippen molar-refractivity contribution in [3.63, 3.8) is 0 Å². The number of halogens is 2. The number of hydrogen-bond acceptors (Lipinski definition) is 2. The van der Waals surface area contributed by atoms with Crippen LogP contribution >= 0.6 is 0 Å². The summed E-state index contributed by atoms with van der Waals surface area (Å²) in [5, 5.41) is 2.38. The topological polar surface area (TPSA) is 46.2 Å². The van der Waals surface area contributed by atoms with Crippen LogP contribution in [0.25, 0.3) is 0 Å². The third-order valence-corrected chi connectivity index (χ3v) is 2.65. The Morgan fingerprint density at radius 1 is 0.950 bits per heavy atom. The van der Waals surface area contributed by atoms with Crippen molar-refractivity contribution in [3.05, 3.63) is 65.2 Å². The first-order valence-corrected chi connectivity index (χ1v) is 5.84. The molecule has 0 atom stereocenters. The van der Waals surface area contributed by atoms with E-state index < -0.39 is 17.5 Å². The van der Waals surface area contributed by atoms with Gasteiger partial charge in [-0.15, -0.1) is 0 Å². The zero-order valence-electron chi connectivity index (χ0n) is 10.6. The molecule has 0 unspecified atom stereocenters. The van der Waals surface area contributed by atoms with E-state index in [0.29, 0.717) is 11.6 Å². The maximum atomic E-state index is 13.0. The smallest absolute Gasteiger partial charge is 0.255 e. The fourth-order valence-electron chi connectivity index (χ4n) is 1.71. The average molecular weight is 275 g/mol. The Hall–Kier alpha value is -2.56. The molecule has 1 N–H and O–H groups in total. The predicted octanol–water partition coefficient (Wildman–Crippen LogP) is 3.42. The average Bonchev–Trinajstić information content (AvgIpc) is 2.37. The van der Waals surface area contributed by atoms with Gasteiger partial charge in [-0.3, -0.25) is 9.59 Å². The molecule has 0 radical (unpaired) electrons. The molecule has 0 aromatic heterocycles. The van der Waals surface area contributed by atoms with Gasteiger partial charge < -0.3 is 5.32 Å². The molecular formula is C15H11F2NO2. The number of nitrogens with one attached hydrogen (secondary N) is 1. The number of amides is 1. The van der Waals surface area contributed by atoms with Crippen molar-refractivity contribution < 1.29 is 18.4 Å². The van der Waals surface area contributed by atoms with Crippen LogP contribution in [0.2, 0.25) is 0 Å². The highest BCUT2D eigenvalue weighted by molar-refractivity contribution is 6.06. The molecule has 0 saturated carbocycles. The van der Waals surface area contributed by atoms with Crippen LogP contribution in [-0.2, 0) is 0 Å². The Bertz CT molecular complexity index is 663. The fourth-order valence-corrected chi connectivity index (χ4v) is 1.71. The van der Waals surface area contributed by atoms with E-state index >= 15 is 0 Å². The van der Waals surface area contributed by atoms with Gasteiger partial charge in [0.25, 0.3) is 5.91 Å². The number of anilines is 1. The minimum absolute atomic E-state index is 0.0146. The summed E-state index contributed by atoms with van der Waals surface area (Å²) in [6, 6.07) is 8.82. The molecule has 0 bridgehead atoms. The second-order valence-electron chi connectivity index (χ2n) is 4.25. The number of rotatable bonds is 3. The Balaban J connectivity index is 2.23. The summed E-state index contributed by atoms with van der Waals surface area (Å²) in [4.78, 5) is 23.2. The van der Waals surface area contributed by atoms with Crippen LogP contribution in [-0.4, -0.2) is 11.7 Å². The van der Waals surface area contributed by atoms with Crippen molar-refractivity contribution in [2.45, 2.75) is 6.92 Å². The molecule has 0 fully saturated rings. The second-order valence-corrected chi connectivity index (χ2v) is 4.25. The summed E-state index contributed by atoms with van der Waals surface area (Å²) in [7, 11) is 0. The van der Waals surface area contributed by atoms with Crippen molar-refractivity contribution >= 4 is 17.4 Å². The van der Waals surface area contributed by atoms with Gasteiger partial charge in [-0.1, -0.05) is 12.1 Å². The first-order valence-electron chi connectivity index (χ1n) is 5.84. The summed E-state index contributed by atoms with van der Waals surface area (Å²) in [6.45, 7) is 1.39. The minimum Gasteiger partial charge on any atom is -0.322 e. The molecule has 0 aliphatic carbocycles. The number of carbonyl (C=O) groups excluding carboxylic acids is 2. The van der Waals surface area contributed by atoms with Crippen molar-refractivity contribution in [2.75, 3.05) is 5.32 Å². The van der Waals surface area contributed by atoms with Gasteiger partial charge in [0.2, 0.25) is 0 Å². The van der Waals surface area contributed by atoms with E-state index in [1.165, 1.54) is 19.1 Å². The quantitative estimate of drug-likeness (QED) is 0.872. The maximum Gasteiger partial charge on any atom is 0.255 e. The molecule has 2 rings (SSSR count). The molecule has 20 heavy (non-hydrogen) atoms. The summed E-state index contributed by atoms with van der Waals surface area (Å²) < 4.78 is 26.0. The summed E-state index contributed by atoms with van der Waals surface area (Å²) in [5.41, 5.74) is 0.645. The van der Waals surface area contributed by atoms with Gasteiger partial charge >= 0.3 is 0 Å². The molecule has 102 valence electrons. The summed E-state index contributed by atoms with van der Waals surface area (Å²) in [6.07, 6.45) is 0. The van der Waals surface area contributed by atoms with Gasteiger partial charge in [-0.05, 0) is 31.2 Å². The molecule has 0 spiro atoms. The first kappa shape index (κ1) is 13.9. The van der Waals surface area contributed by atoms with E-state index in [0.717, 1.165) is 12.1 Å². The van der Waals surface area contributed by atoms with Crippen LogP contribution in [0.15, 0.2) is 42.5 Å².